The van der Waals surface area contributed by atoms with Crippen molar-refractivity contribution in [2.24, 2.45) is 5.92 Å². The summed E-state index contributed by atoms with van der Waals surface area (Å²) in [4.78, 5) is 145. The molecule has 1 aromatic carbocycles. The molecule has 2 fully saturated rings. The zero-order chi connectivity index (χ0) is 61.2. The number of nitrogens with zero attached hydrogens (tertiary/aromatic N) is 8. The van der Waals surface area contributed by atoms with E-state index in [1.807, 2.05) is 13.8 Å². The molecule has 0 aliphatic carbocycles. The average Bonchev–Trinajstić information content (AvgIpc) is 2.79. The molecule has 0 spiro atoms. The van der Waals surface area contributed by atoms with Crippen molar-refractivity contribution in [2.75, 3.05) is 33.9 Å². The van der Waals surface area contributed by atoms with E-state index in [2.05, 4.69) is 46.9 Å². The zero-order valence-electron chi connectivity index (χ0n) is 46.9. The number of esters is 1. The number of aliphatic hydroxyl groups is 1. The number of amides is 7. The molecule has 11 rings (SSSR count). The quantitative estimate of drug-likeness (QED) is 0.0735. The zero-order valence-corrected chi connectivity index (χ0v) is 51.8. The highest BCUT2D eigenvalue weighted by Gasteiger charge is 2.44. The number of rotatable bonds is 11. The van der Waals surface area contributed by atoms with Gasteiger partial charge >= 0.3 is 5.97 Å². The van der Waals surface area contributed by atoms with E-state index in [9.17, 15) is 43.5 Å². The van der Waals surface area contributed by atoms with E-state index in [-0.39, 0.29) is 65.2 Å². The van der Waals surface area contributed by atoms with Gasteiger partial charge in [0.1, 0.15) is 95.0 Å². The van der Waals surface area contributed by atoms with Gasteiger partial charge in [0.05, 0.1) is 42.2 Å². The Morgan fingerprint density at radius 3 is 2.23 bits per heavy atom. The van der Waals surface area contributed by atoms with Crippen LogP contribution in [0.2, 0.25) is 0 Å². The first kappa shape index (κ1) is 60.5. The van der Waals surface area contributed by atoms with Crippen molar-refractivity contribution in [3.05, 3.63) is 117 Å². The largest absolute Gasteiger partial charge is 0.458 e. The number of aromatic nitrogens is 7. The second-order valence-electron chi connectivity index (χ2n) is 20.5. The van der Waals surface area contributed by atoms with Crippen LogP contribution in [0.5, 0.6) is 0 Å². The standard InChI is InChI=1S/C56H54N14O11S6/c1-24(2)39-54-69-42(36(87-54)19-80-5)47(76)58-17-38(72)66-43(44(73)26-10-7-6-8-11-26)53-64-33(22-85-53)51-62-31(20-83-51)41-27(49-63-32(21-82-49)45(74)60-29(16-37(71)57-4)52-68-40(25(3)86-52)48(77)67-39)13-14-28(59-41)50-65-34(23-84-50)56(79)81-18-30-55(78)70-15-9-12-35(70)46(75)61-30/h6-8,10-11,13-14,20-24,29-30,35,39,43-44,73H,9,12,15-19H2,1-5H3,(H,57,71)(H,58,76)(H,60,74)(H,61,75)(H,66,72)(H,67,77)/t29-,30?,35?,39+,43-,44-/m0/s1. The summed E-state index contributed by atoms with van der Waals surface area (Å²) < 4.78 is 11.0. The number of fused-ring (bicyclic) bond motifs is 15. The molecule has 31 heteroatoms. The van der Waals surface area contributed by atoms with Gasteiger partial charge in [-0.25, -0.2) is 39.7 Å². The first-order valence-electron chi connectivity index (χ1n) is 27.2. The third-order valence-corrected chi connectivity index (χ3v) is 20.0. The van der Waals surface area contributed by atoms with Crippen molar-refractivity contribution >= 4 is 115 Å². The topological polar surface area (TPSA) is 341 Å². The van der Waals surface area contributed by atoms with Crippen molar-refractivity contribution in [1.29, 1.82) is 0 Å². The molecule has 8 aromatic rings. The van der Waals surface area contributed by atoms with Crippen LogP contribution in [0.25, 0.3) is 43.4 Å². The molecule has 0 radical (unpaired) electrons. The Hall–Kier alpha value is -8.17. The highest BCUT2D eigenvalue weighted by Crippen LogP contribution is 2.40. The SMILES string of the molecule is CNC(=O)C[C@@H]1NC(=O)c2csc(n2)-c2ccc(-c3nc(C(=O)OCC4NC(=O)C5CCCN5C4=O)cs3)nc2-c2csc(n2)-c2csc(n2)[C@H]([C@@H](O)c2ccccc2)NC(=O)CNC(=O)c2nc(sc2COC)[C@@H](C(C)C)NC(=O)c2nc1sc2C. The van der Waals surface area contributed by atoms with Gasteiger partial charge in [0, 0.05) is 52.7 Å². The lowest BCUT2D eigenvalue weighted by Crippen LogP contribution is -2.62. The van der Waals surface area contributed by atoms with Crippen LogP contribution in [0, 0.1) is 12.8 Å². The van der Waals surface area contributed by atoms with Gasteiger partial charge < -0.3 is 51.4 Å². The van der Waals surface area contributed by atoms with Crippen molar-refractivity contribution in [3.63, 3.8) is 0 Å². The summed E-state index contributed by atoms with van der Waals surface area (Å²) in [5.41, 5.74) is 2.31. The molecule has 6 atom stereocenters. The predicted octanol–water partition coefficient (Wildman–Crippen LogP) is 5.96. The second kappa shape index (κ2) is 26.0. The summed E-state index contributed by atoms with van der Waals surface area (Å²) in [6, 6.07) is 7.72. The number of hydrogen-bond donors (Lipinski definition) is 7. The number of thiazole rings is 6. The van der Waals surface area contributed by atoms with Gasteiger partial charge in [0.2, 0.25) is 23.6 Å². The summed E-state index contributed by atoms with van der Waals surface area (Å²) >= 11 is 6.95. The molecule has 0 saturated carbocycles. The number of ether oxygens (including phenoxy) is 2. The highest BCUT2D eigenvalue weighted by molar-refractivity contribution is 7.15. The van der Waals surface area contributed by atoms with Gasteiger partial charge in [0.25, 0.3) is 17.7 Å². The fourth-order valence-electron chi connectivity index (χ4n) is 9.86. The molecule has 3 aliphatic heterocycles. The number of aryl methyl sites for hydroxylation is 1. The van der Waals surface area contributed by atoms with Gasteiger partial charge in [-0.1, -0.05) is 44.2 Å². The van der Waals surface area contributed by atoms with Crippen LogP contribution in [0.3, 0.4) is 0 Å². The van der Waals surface area contributed by atoms with E-state index in [0.29, 0.717) is 88.1 Å². The third kappa shape index (κ3) is 13.0. The minimum atomic E-state index is -1.30. The smallest absolute Gasteiger partial charge is 0.357 e. The molecule has 10 bridgehead atoms. The Morgan fingerprint density at radius 2 is 1.45 bits per heavy atom. The van der Waals surface area contributed by atoms with Gasteiger partial charge in [0.15, 0.2) is 5.69 Å². The maximum atomic E-state index is 14.3. The van der Waals surface area contributed by atoms with Crippen LogP contribution < -0.4 is 31.9 Å². The fourth-order valence-corrected chi connectivity index (χ4v) is 15.4. The Balaban J connectivity index is 0.954. The molecular formula is C56H54N14O11S6. The number of pyridine rings is 1. The molecule has 25 nitrogen and oxygen atoms in total. The number of hydrogen-bond acceptors (Lipinski definition) is 24. The molecule has 2 unspecified atom stereocenters. The van der Waals surface area contributed by atoms with Gasteiger partial charge in [-0.2, -0.15) is 0 Å². The van der Waals surface area contributed by atoms with Crippen molar-refractivity contribution < 1.29 is 52.9 Å². The normalized spacial score (nSPS) is 19.5. The first-order chi connectivity index (χ1) is 41.9. The Bertz CT molecular complexity index is 3970. The monoisotopic (exact) mass is 1290 g/mol. The van der Waals surface area contributed by atoms with Crippen LogP contribution in [-0.4, -0.2) is 138 Å². The number of aliphatic hydroxyl groups excluding tert-OH is 1. The molecule has 7 aromatic heterocycles. The fraction of sp³-hybridized carbons (Fsp3) is 0.339. The van der Waals surface area contributed by atoms with E-state index in [0.717, 1.165) is 45.3 Å². The number of piperazine rings is 1. The van der Waals surface area contributed by atoms with E-state index >= 15 is 0 Å². The number of carbonyl (C=O) groups is 8. The number of carbonyl (C=O) groups excluding carboxylic acids is 8. The molecule has 2 saturated heterocycles. The second-order valence-corrected chi connectivity index (χ2v) is 26.3. The maximum Gasteiger partial charge on any atom is 0.357 e. The molecule has 7 N–H and O–H groups in total. The third-order valence-electron chi connectivity index (χ3n) is 14.3. The highest BCUT2D eigenvalue weighted by atomic mass is 32.1. The summed E-state index contributed by atoms with van der Waals surface area (Å²) in [7, 11) is 2.93. The number of methoxy groups -OCH3 is 1. The molecule has 10 heterocycles. The van der Waals surface area contributed by atoms with E-state index < -0.39 is 78.4 Å². The summed E-state index contributed by atoms with van der Waals surface area (Å²) in [5.74, 6) is -4.64. The minimum Gasteiger partial charge on any atom is -0.458 e. The molecule has 3 aliphatic rings. The van der Waals surface area contributed by atoms with E-state index in [1.165, 1.54) is 47.1 Å². The Labute approximate surface area is 519 Å². The van der Waals surface area contributed by atoms with Gasteiger partial charge in [-0.3, -0.25) is 33.6 Å². The molecular weight excluding hydrogens is 1240 g/mol. The Morgan fingerprint density at radius 1 is 0.713 bits per heavy atom. The van der Waals surface area contributed by atoms with E-state index in [1.54, 1.807) is 65.5 Å². The van der Waals surface area contributed by atoms with Gasteiger partial charge in [-0.05, 0) is 43.4 Å². The van der Waals surface area contributed by atoms with Crippen LogP contribution in [0.15, 0.2) is 64.0 Å². The van der Waals surface area contributed by atoms with Crippen LogP contribution in [0.4, 0.5) is 0 Å². The molecule has 87 heavy (non-hydrogen) atoms. The lowest BCUT2D eigenvalue weighted by atomic mass is 10.0. The minimum absolute atomic E-state index is 0.00243. The van der Waals surface area contributed by atoms with Crippen molar-refractivity contribution in [1.82, 2.24) is 71.7 Å². The van der Waals surface area contributed by atoms with Crippen LogP contribution in [-0.2, 0) is 35.3 Å². The number of benzene rings is 1. The summed E-state index contributed by atoms with van der Waals surface area (Å²) in [5, 5.41) is 37.3. The van der Waals surface area contributed by atoms with E-state index in [4.69, 9.17) is 29.4 Å². The summed E-state index contributed by atoms with van der Waals surface area (Å²) in [6.07, 6.45) is -0.256. The lowest BCUT2D eigenvalue weighted by molar-refractivity contribution is -0.148. The first-order valence-corrected chi connectivity index (χ1v) is 32.3. The van der Waals surface area contributed by atoms with Crippen molar-refractivity contribution in [2.45, 2.75) is 83.0 Å². The van der Waals surface area contributed by atoms with Crippen LogP contribution in [0.1, 0.15) is 130 Å². The van der Waals surface area contributed by atoms with Gasteiger partial charge in [-0.15, -0.1) is 68.0 Å². The van der Waals surface area contributed by atoms with Crippen molar-refractivity contribution in [3.8, 4) is 43.4 Å². The van der Waals surface area contributed by atoms with Crippen LogP contribution >= 0.6 is 68.0 Å². The average molecular weight is 1290 g/mol. The number of nitrogens with one attached hydrogen (secondary N) is 6. The predicted molar refractivity (Wildman–Crippen MR) is 324 cm³/mol. The Kier molecular flexibility index (Phi) is 18.1. The summed E-state index contributed by atoms with van der Waals surface area (Å²) in [6.45, 7) is 4.98. The maximum absolute atomic E-state index is 14.3. The molecule has 7 amide bonds. The lowest BCUT2D eigenvalue weighted by Gasteiger charge is -2.34. The molecule has 450 valence electrons.